The number of imidazole rings is 1. The average Bonchev–Trinajstić information content (AvgIpc) is 3.40. The number of guanidine groups is 1. The molecule has 0 radical (unpaired) electrons. The van der Waals surface area contributed by atoms with E-state index >= 15 is 0 Å². The predicted molar refractivity (Wildman–Crippen MR) is 135 cm³/mol. The van der Waals surface area contributed by atoms with Crippen LogP contribution in [0.25, 0.3) is 10.9 Å². The fourth-order valence-corrected chi connectivity index (χ4v) is 2.64. The molecule has 14 nitrogen and oxygen atoms in total. The molecule has 0 bridgehead atoms. The number of rotatable bonds is 6. The van der Waals surface area contributed by atoms with Gasteiger partial charge in [-0.25, -0.2) is 4.98 Å². The molecule has 2 aromatic heterocycles. The number of aromatic nitrogens is 3. The first kappa shape index (κ1) is 30.6. The maximum absolute atomic E-state index is 12.2. The number of nitrogens with one attached hydrogen (secondary N) is 2. The number of hydrogen-bond acceptors (Lipinski definition) is 7. The number of carbonyl (C=O) groups is 1. The number of H-pyrrole nitrogens is 1. The highest BCUT2D eigenvalue weighted by molar-refractivity contribution is 7.85. The number of amides is 1. The Balaban J connectivity index is 0.000000550. The van der Waals surface area contributed by atoms with Crippen LogP contribution in [0.3, 0.4) is 0 Å². The first-order valence-corrected chi connectivity index (χ1v) is 13.9. The lowest BCUT2D eigenvalue weighted by molar-refractivity contribution is 0.0998. The van der Waals surface area contributed by atoms with Crippen molar-refractivity contribution in [1.82, 2.24) is 19.9 Å². The van der Waals surface area contributed by atoms with Gasteiger partial charge in [0, 0.05) is 31.4 Å². The van der Waals surface area contributed by atoms with Crippen molar-refractivity contribution in [2.75, 3.05) is 26.2 Å². The van der Waals surface area contributed by atoms with Crippen molar-refractivity contribution in [2.45, 2.75) is 19.9 Å². The molecule has 1 aromatic carbocycles. The minimum Gasteiger partial charge on any atom is -0.491 e. The zero-order chi connectivity index (χ0) is 27.5. The van der Waals surface area contributed by atoms with Gasteiger partial charge in [0.25, 0.3) is 26.1 Å². The van der Waals surface area contributed by atoms with E-state index in [-0.39, 0.29) is 5.96 Å². The van der Waals surface area contributed by atoms with Crippen LogP contribution >= 0.6 is 0 Å². The number of fused-ring (bicyclic) bond motifs is 1. The Labute approximate surface area is 209 Å². The van der Waals surface area contributed by atoms with Crippen molar-refractivity contribution in [2.24, 2.45) is 10.7 Å². The van der Waals surface area contributed by atoms with E-state index < -0.39 is 26.1 Å². The van der Waals surface area contributed by atoms with Gasteiger partial charge in [-0.05, 0) is 31.0 Å². The highest BCUT2D eigenvalue weighted by Gasteiger charge is 2.14. The summed E-state index contributed by atoms with van der Waals surface area (Å²) in [5, 5.41) is 3.56. The van der Waals surface area contributed by atoms with Crippen molar-refractivity contribution in [1.29, 1.82) is 0 Å². The summed E-state index contributed by atoms with van der Waals surface area (Å²) in [6, 6.07) is 5.66. The van der Waals surface area contributed by atoms with Crippen LogP contribution in [0.1, 0.15) is 22.5 Å². The Bertz CT molecular complexity index is 1330. The summed E-state index contributed by atoms with van der Waals surface area (Å²) < 4.78 is 59.7. The topological polar surface area (TPSA) is 219 Å². The van der Waals surface area contributed by atoms with Crippen LogP contribution in [-0.2, 0) is 26.8 Å². The Hall–Kier alpha value is -3.47. The third-order valence-corrected chi connectivity index (χ3v) is 4.06. The SMILES string of the molecule is CNC(N)=NC(=O)c1cc2c(C)ccc(OCCCn3ccnc3)c2[nH]1.CS(=O)(=O)O.CS(=O)(=O)O. The Morgan fingerprint density at radius 2 is 1.83 bits per heavy atom. The van der Waals surface area contributed by atoms with Gasteiger partial charge in [-0.15, -0.1) is 0 Å². The van der Waals surface area contributed by atoms with Gasteiger partial charge in [-0.1, -0.05) is 6.07 Å². The Morgan fingerprint density at radius 1 is 1.22 bits per heavy atom. The van der Waals surface area contributed by atoms with Gasteiger partial charge in [0.2, 0.25) is 0 Å². The number of nitrogens with two attached hydrogens (primary N) is 1. The molecule has 200 valence electrons. The number of carbonyl (C=O) groups excluding carboxylic acids is 1. The molecule has 0 aliphatic heterocycles. The lowest BCUT2D eigenvalue weighted by Gasteiger charge is -2.09. The minimum atomic E-state index is -3.67. The van der Waals surface area contributed by atoms with E-state index in [4.69, 9.17) is 19.6 Å². The fourth-order valence-electron chi connectivity index (χ4n) is 2.64. The molecule has 0 saturated heterocycles. The van der Waals surface area contributed by atoms with Crippen LogP contribution in [-0.4, -0.2) is 78.5 Å². The second-order valence-electron chi connectivity index (χ2n) is 7.37. The third kappa shape index (κ3) is 12.8. The summed E-state index contributed by atoms with van der Waals surface area (Å²) in [6.07, 6.45) is 7.74. The highest BCUT2D eigenvalue weighted by atomic mass is 32.2. The van der Waals surface area contributed by atoms with Crippen molar-refractivity contribution in [3.8, 4) is 5.75 Å². The molecule has 0 aliphatic rings. The third-order valence-electron chi connectivity index (χ3n) is 4.06. The van der Waals surface area contributed by atoms with Gasteiger partial charge >= 0.3 is 0 Å². The molecule has 0 unspecified atom stereocenters. The molecule has 0 aliphatic carbocycles. The van der Waals surface area contributed by atoms with Gasteiger partial charge < -0.3 is 25.3 Å². The zero-order valence-corrected chi connectivity index (χ0v) is 21.8. The van der Waals surface area contributed by atoms with Crippen molar-refractivity contribution < 1.29 is 35.5 Å². The van der Waals surface area contributed by atoms with Crippen molar-refractivity contribution >= 4 is 43.0 Å². The van der Waals surface area contributed by atoms with E-state index in [9.17, 15) is 21.6 Å². The van der Waals surface area contributed by atoms with Crippen LogP contribution in [0.4, 0.5) is 0 Å². The first-order chi connectivity index (χ1) is 16.6. The first-order valence-electron chi connectivity index (χ1n) is 10.2. The van der Waals surface area contributed by atoms with Gasteiger partial charge in [-0.3, -0.25) is 13.9 Å². The van der Waals surface area contributed by atoms with E-state index in [0.29, 0.717) is 30.6 Å². The van der Waals surface area contributed by atoms with Crippen LogP contribution in [0.15, 0.2) is 41.9 Å². The van der Waals surface area contributed by atoms with Crippen molar-refractivity contribution in [3.05, 3.63) is 48.2 Å². The van der Waals surface area contributed by atoms with Gasteiger partial charge in [0.05, 0.1) is 31.0 Å². The maximum atomic E-state index is 12.2. The van der Waals surface area contributed by atoms with E-state index in [0.717, 1.165) is 29.4 Å². The molecule has 3 aromatic rings. The van der Waals surface area contributed by atoms with E-state index in [1.807, 2.05) is 29.8 Å². The van der Waals surface area contributed by atoms with E-state index in [1.165, 1.54) is 0 Å². The summed E-state index contributed by atoms with van der Waals surface area (Å²) in [5.41, 5.74) is 7.76. The predicted octanol–water partition coefficient (Wildman–Crippen LogP) is 0.824. The van der Waals surface area contributed by atoms with Crippen LogP contribution in [0, 0.1) is 6.92 Å². The van der Waals surface area contributed by atoms with Crippen molar-refractivity contribution in [3.63, 3.8) is 0 Å². The lowest BCUT2D eigenvalue weighted by Crippen LogP contribution is -2.28. The molecular formula is C20H30N6O8S2. The summed E-state index contributed by atoms with van der Waals surface area (Å²) in [6.45, 7) is 3.38. The van der Waals surface area contributed by atoms with Gasteiger partial charge in [0.1, 0.15) is 11.4 Å². The monoisotopic (exact) mass is 546 g/mol. The highest BCUT2D eigenvalue weighted by Crippen LogP contribution is 2.29. The maximum Gasteiger partial charge on any atom is 0.296 e. The summed E-state index contributed by atoms with van der Waals surface area (Å²) in [4.78, 5) is 23.1. The molecule has 36 heavy (non-hydrogen) atoms. The lowest BCUT2D eigenvalue weighted by atomic mass is 10.1. The van der Waals surface area contributed by atoms with Crippen LogP contribution in [0.2, 0.25) is 0 Å². The molecule has 2 heterocycles. The number of aliphatic imine (C=N–C) groups is 1. The quantitative estimate of drug-likeness (QED) is 0.126. The number of hydrogen-bond donors (Lipinski definition) is 5. The van der Waals surface area contributed by atoms with Gasteiger partial charge in [0.15, 0.2) is 5.96 Å². The molecule has 0 atom stereocenters. The number of aromatic amines is 1. The zero-order valence-electron chi connectivity index (χ0n) is 20.2. The number of ether oxygens (including phenoxy) is 1. The smallest absolute Gasteiger partial charge is 0.296 e. The average molecular weight is 547 g/mol. The molecule has 0 saturated carbocycles. The normalized spacial score (nSPS) is 11.7. The number of aryl methyl sites for hydroxylation is 2. The number of benzene rings is 1. The van der Waals surface area contributed by atoms with E-state index in [2.05, 4.69) is 20.3 Å². The molecule has 0 fully saturated rings. The second-order valence-corrected chi connectivity index (χ2v) is 10.3. The second kappa shape index (κ2) is 13.6. The largest absolute Gasteiger partial charge is 0.491 e. The van der Waals surface area contributed by atoms with E-state index in [1.54, 1.807) is 25.6 Å². The van der Waals surface area contributed by atoms with Gasteiger partial charge in [-0.2, -0.15) is 21.8 Å². The number of nitrogens with zero attached hydrogens (tertiary/aromatic N) is 3. The molecule has 0 spiro atoms. The molecule has 3 rings (SSSR count). The standard InChI is InChI=1S/C18H22N6O2.2CH4O3S/c1-12-4-5-15(26-9-3-7-24-8-6-21-11-24)16-13(12)10-14(22-16)17(25)23-18(19)20-2;2*1-5(2,3)4/h4-6,8,10-11,22H,3,7,9H2,1-2H3,(H3,19,20,23,25);2*1H3,(H,2,3,4). The summed E-state index contributed by atoms with van der Waals surface area (Å²) in [7, 11) is -5.72. The van der Waals surface area contributed by atoms with Crippen LogP contribution < -0.4 is 15.8 Å². The Morgan fingerprint density at radius 3 is 2.36 bits per heavy atom. The Kier molecular flexibility index (Phi) is 11.5. The molecule has 1 amide bonds. The minimum absolute atomic E-state index is 0.0707. The fraction of sp³-hybridized carbons (Fsp3) is 0.350. The summed E-state index contributed by atoms with van der Waals surface area (Å²) in [5.74, 6) is 0.348. The van der Waals surface area contributed by atoms with Crippen LogP contribution in [0.5, 0.6) is 5.75 Å². The molecule has 6 N–H and O–H groups in total. The molecular weight excluding hydrogens is 516 g/mol. The molecule has 16 heteroatoms. The summed E-state index contributed by atoms with van der Waals surface area (Å²) >= 11 is 0.